The highest BCUT2D eigenvalue weighted by molar-refractivity contribution is 5.68. The predicted molar refractivity (Wildman–Crippen MR) is 97.7 cm³/mol. The zero-order valence-electron chi connectivity index (χ0n) is 14.7. The molecular weight excluding hydrogens is 332 g/mol. The summed E-state index contributed by atoms with van der Waals surface area (Å²) in [6.07, 6.45) is 6.51. The fourth-order valence-corrected chi connectivity index (χ4v) is 3.36. The molecule has 7 heteroatoms. The summed E-state index contributed by atoms with van der Waals surface area (Å²) in [5, 5.41) is 8.65. The summed E-state index contributed by atoms with van der Waals surface area (Å²) in [4.78, 5) is 21.5. The van der Waals surface area contributed by atoms with Crippen LogP contribution < -0.4 is 10.5 Å². The molecule has 1 aromatic heterocycles. The SMILES string of the molecule is Nc1nccnc1C[C@H]1CCCN(Cc2ccc(OCC(=O)O)cc2)C1. The highest BCUT2D eigenvalue weighted by Gasteiger charge is 2.21. The summed E-state index contributed by atoms with van der Waals surface area (Å²) in [5.41, 5.74) is 7.99. The zero-order chi connectivity index (χ0) is 18.4. The lowest BCUT2D eigenvalue weighted by atomic mass is 9.93. The molecule has 26 heavy (non-hydrogen) atoms. The number of aliphatic carboxylic acids is 1. The van der Waals surface area contributed by atoms with Crippen molar-refractivity contribution < 1.29 is 14.6 Å². The lowest BCUT2D eigenvalue weighted by molar-refractivity contribution is -0.139. The van der Waals surface area contributed by atoms with E-state index in [1.54, 1.807) is 12.4 Å². The Morgan fingerprint density at radius 3 is 2.77 bits per heavy atom. The van der Waals surface area contributed by atoms with E-state index in [1.807, 2.05) is 24.3 Å². The lowest BCUT2D eigenvalue weighted by Crippen LogP contribution is -2.36. The van der Waals surface area contributed by atoms with E-state index >= 15 is 0 Å². The Morgan fingerprint density at radius 1 is 1.27 bits per heavy atom. The number of aromatic nitrogens is 2. The van der Waals surface area contributed by atoms with E-state index in [9.17, 15) is 4.79 Å². The van der Waals surface area contributed by atoms with Gasteiger partial charge >= 0.3 is 5.97 Å². The van der Waals surface area contributed by atoms with E-state index in [0.29, 0.717) is 17.5 Å². The van der Waals surface area contributed by atoms with Crippen LogP contribution >= 0.6 is 0 Å². The highest BCUT2D eigenvalue weighted by Crippen LogP contribution is 2.23. The van der Waals surface area contributed by atoms with Crippen molar-refractivity contribution in [3.63, 3.8) is 0 Å². The second-order valence-electron chi connectivity index (χ2n) is 6.66. The van der Waals surface area contributed by atoms with Crippen molar-refractivity contribution in [2.24, 2.45) is 5.92 Å². The Labute approximate surface area is 152 Å². The molecule has 0 amide bonds. The van der Waals surface area contributed by atoms with E-state index in [0.717, 1.165) is 38.2 Å². The quantitative estimate of drug-likeness (QED) is 0.782. The number of piperidine rings is 1. The summed E-state index contributed by atoms with van der Waals surface area (Å²) in [5.74, 6) is 0.658. The molecule has 7 nitrogen and oxygen atoms in total. The first-order valence-corrected chi connectivity index (χ1v) is 8.81. The predicted octanol–water partition coefficient (Wildman–Crippen LogP) is 1.98. The number of carboxylic acid groups (broad SMARTS) is 1. The molecule has 1 atom stereocenters. The minimum Gasteiger partial charge on any atom is -0.482 e. The van der Waals surface area contributed by atoms with Crippen molar-refractivity contribution in [3.8, 4) is 5.75 Å². The molecule has 1 aliphatic rings. The van der Waals surface area contributed by atoms with Gasteiger partial charge in [-0.3, -0.25) is 9.88 Å². The first-order valence-electron chi connectivity index (χ1n) is 8.81. The van der Waals surface area contributed by atoms with Gasteiger partial charge in [-0.1, -0.05) is 12.1 Å². The molecule has 2 heterocycles. The number of likely N-dealkylation sites (tertiary alicyclic amines) is 1. The van der Waals surface area contributed by atoms with Crippen LogP contribution in [0, 0.1) is 5.92 Å². The molecule has 2 aromatic rings. The zero-order valence-corrected chi connectivity index (χ0v) is 14.7. The van der Waals surface area contributed by atoms with Crippen LogP contribution in [0.3, 0.4) is 0 Å². The third kappa shape index (κ3) is 5.16. The molecule has 0 spiro atoms. The van der Waals surface area contributed by atoms with Crippen molar-refractivity contribution in [1.29, 1.82) is 0 Å². The second-order valence-corrected chi connectivity index (χ2v) is 6.66. The minimum absolute atomic E-state index is 0.321. The van der Waals surface area contributed by atoms with Crippen LogP contribution in [0.1, 0.15) is 24.1 Å². The smallest absolute Gasteiger partial charge is 0.341 e. The molecule has 1 aromatic carbocycles. The molecule has 0 bridgehead atoms. The Bertz CT molecular complexity index is 736. The van der Waals surface area contributed by atoms with Crippen LogP contribution in [0.25, 0.3) is 0 Å². The fraction of sp³-hybridized carbons (Fsp3) is 0.421. The standard InChI is InChI=1S/C19H24N4O3/c20-19-17(21-7-8-22-19)10-15-2-1-9-23(12-15)11-14-3-5-16(6-4-14)26-13-18(24)25/h3-8,15H,1-2,9-13H2,(H2,20,22)(H,24,25)/t15-/m1/s1. The molecule has 1 aliphatic heterocycles. The van der Waals surface area contributed by atoms with Crippen LogP contribution in [0.15, 0.2) is 36.7 Å². The van der Waals surface area contributed by atoms with Gasteiger partial charge in [-0.15, -0.1) is 0 Å². The maximum atomic E-state index is 10.5. The van der Waals surface area contributed by atoms with Crippen molar-refractivity contribution in [3.05, 3.63) is 47.9 Å². The van der Waals surface area contributed by atoms with E-state index in [2.05, 4.69) is 14.9 Å². The van der Waals surface area contributed by atoms with E-state index in [1.165, 1.54) is 12.0 Å². The van der Waals surface area contributed by atoms with Crippen molar-refractivity contribution >= 4 is 11.8 Å². The number of carboxylic acids is 1. The molecule has 138 valence electrons. The van der Waals surface area contributed by atoms with Gasteiger partial charge in [-0.2, -0.15) is 0 Å². The van der Waals surface area contributed by atoms with Crippen LogP contribution in [0.5, 0.6) is 5.75 Å². The number of nitrogen functional groups attached to an aromatic ring is 1. The van der Waals surface area contributed by atoms with Gasteiger partial charge < -0.3 is 15.6 Å². The Hall–Kier alpha value is -2.67. The monoisotopic (exact) mass is 356 g/mol. The average Bonchev–Trinajstić information content (AvgIpc) is 2.63. The van der Waals surface area contributed by atoms with E-state index < -0.39 is 5.97 Å². The van der Waals surface area contributed by atoms with Crippen molar-refractivity contribution in [1.82, 2.24) is 14.9 Å². The highest BCUT2D eigenvalue weighted by atomic mass is 16.5. The van der Waals surface area contributed by atoms with Gasteiger partial charge in [0.05, 0.1) is 5.69 Å². The summed E-state index contributed by atoms with van der Waals surface area (Å²) in [7, 11) is 0. The number of nitrogens with zero attached hydrogens (tertiary/aromatic N) is 3. The maximum Gasteiger partial charge on any atom is 0.341 e. The summed E-state index contributed by atoms with van der Waals surface area (Å²) in [6, 6.07) is 7.61. The average molecular weight is 356 g/mol. The molecular formula is C19H24N4O3. The third-order valence-electron chi connectivity index (χ3n) is 4.58. The normalized spacial score (nSPS) is 17.8. The molecule has 0 aliphatic carbocycles. The van der Waals surface area contributed by atoms with E-state index in [-0.39, 0.29) is 6.61 Å². The summed E-state index contributed by atoms with van der Waals surface area (Å²) in [6.45, 7) is 2.63. The minimum atomic E-state index is -0.975. The van der Waals surface area contributed by atoms with Crippen LogP contribution in [-0.4, -0.2) is 45.6 Å². The molecule has 0 saturated carbocycles. The topological polar surface area (TPSA) is 102 Å². The first-order chi connectivity index (χ1) is 12.6. The first kappa shape index (κ1) is 18.1. The van der Waals surface area contributed by atoms with Gasteiger partial charge in [0.2, 0.25) is 0 Å². The van der Waals surface area contributed by atoms with E-state index in [4.69, 9.17) is 15.6 Å². The van der Waals surface area contributed by atoms with Gasteiger partial charge in [0, 0.05) is 25.5 Å². The summed E-state index contributed by atoms with van der Waals surface area (Å²) < 4.78 is 5.17. The van der Waals surface area contributed by atoms with Crippen LogP contribution in [-0.2, 0) is 17.8 Å². The molecule has 3 rings (SSSR count). The third-order valence-corrected chi connectivity index (χ3v) is 4.58. The van der Waals surface area contributed by atoms with Gasteiger partial charge in [-0.25, -0.2) is 9.78 Å². The number of carbonyl (C=O) groups is 1. The van der Waals surface area contributed by atoms with Gasteiger partial charge in [-0.05, 0) is 49.4 Å². The second kappa shape index (κ2) is 8.62. The maximum absolute atomic E-state index is 10.5. The number of nitrogens with two attached hydrogens (primary N) is 1. The number of benzene rings is 1. The Morgan fingerprint density at radius 2 is 2.04 bits per heavy atom. The Kier molecular flexibility index (Phi) is 6.01. The van der Waals surface area contributed by atoms with Gasteiger partial charge in [0.25, 0.3) is 0 Å². The molecule has 1 fully saturated rings. The Balaban J connectivity index is 1.53. The number of hydrogen-bond donors (Lipinski definition) is 2. The molecule has 0 radical (unpaired) electrons. The van der Waals surface area contributed by atoms with Crippen molar-refractivity contribution in [2.45, 2.75) is 25.8 Å². The number of anilines is 1. The van der Waals surface area contributed by atoms with Crippen molar-refractivity contribution in [2.75, 3.05) is 25.4 Å². The van der Waals surface area contributed by atoms with Crippen LogP contribution in [0.4, 0.5) is 5.82 Å². The van der Waals surface area contributed by atoms with Crippen LogP contribution in [0.2, 0.25) is 0 Å². The number of rotatable bonds is 7. The largest absolute Gasteiger partial charge is 0.482 e. The lowest BCUT2D eigenvalue weighted by Gasteiger charge is -2.32. The van der Waals surface area contributed by atoms with Gasteiger partial charge in [0.15, 0.2) is 6.61 Å². The summed E-state index contributed by atoms with van der Waals surface area (Å²) >= 11 is 0. The number of hydrogen-bond acceptors (Lipinski definition) is 6. The molecule has 1 saturated heterocycles. The van der Waals surface area contributed by atoms with Gasteiger partial charge in [0.1, 0.15) is 11.6 Å². The fourth-order valence-electron chi connectivity index (χ4n) is 3.36. The molecule has 3 N–H and O–H groups in total. The molecule has 0 unspecified atom stereocenters. The number of ether oxygens (including phenoxy) is 1.